The van der Waals surface area contributed by atoms with Crippen LogP contribution in [0.1, 0.15) is 56.3 Å². The van der Waals surface area contributed by atoms with E-state index in [1.54, 1.807) is 18.2 Å². The van der Waals surface area contributed by atoms with Crippen LogP contribution in [0.3, 0.4) is 0 Å². The Kier molecular flexibility index (Phi) is 8.58. The fraction of sp³-hybridized carbons (Fsp3) is 0.619. The number of rotatable bonds is 10. The van der Waals surface area contributed by atoms with E-state index >= 15 is 0 Å². The van der Waals surface area contributed by atoms with Gasteiger partial charge in [0.15, 0.2) is 23.9 Å². The van der Waals surface area contributed by atoms with Gasteiger partial charge in [0.2, 0.25) is 0 Å². The van der Waals surface area contributed by atoms with Crippen LogP contribution in [0.4, 0.5) is 0 Å². The molecule has 1 aliphatic rings. The zero-order chi connectivity index (χ0) is 19.6. The number of nitrogens with zero attached hydrogens (tertiary/aromatic N) is 1. The first-order valence-electron chi connectivity index (χ1n) is 9.83. The third kappa shape index (κ3) is 6.86. The number of ketones is 1. The summed E-state index contributed by atoms with van der Waals surface area (Å²) in [6.07, 6.45) is 5.99. The molecule has 27 heavy (non-hydrogen) atoms. The summed E-state index contributed by atoms with van der Waals surface area (Å²) < 4.78 is 10.8. The molecule has 1 N–H and O–H groups in total. The summed E-state index contributed by atoms with van der Waals surface area (Å²) in [6.45, 7) is 6.69. The lowest BCUT2D eigenvalue weighted by atomic mass is 10.0. The number of amides is 1. The van der Waals surface area contributed by atoms with E-state index in [9.17, 15) is 9.59 Å². The highest BCUT2D eigenvalue weighted by Crippen LogP contribution is 2.28. The second kappa shape index (κ2) is 10.9. The number of Topliss-reactive ketones (excluding diaryl/α,β-unsaturated/α-hetero) is 1. The maximum atomic E-state index is 12.0. The van der Waals surface area contributed by atoms with Gasteiger partial charge < -0.3 is 19.7 Å². The second-order valence-corrected chi connectivity index (χ2v) is 7.15. The van der Waals surface area contributed by atoms with Gasteiger partial charge in [0.05, 0.1) is 7.11 Å². The van der Waals surface area contributed by atoms with E-state index in [1.807, 2.05) is 0 Å². The molecule has 150 valence electrons. The van der Waals surface area contributed by atoms with E-state index in [1.165, 1.54) is 39.8 Å². The highest BCUT2D eigenvalue weighted by Gasteiger charge is 2.17. The van der Waals surface area contributed by atoms with E-state index in [-0.39, 0.29) is 18.3 Å². The van der Waals surface area contributed by atoms with E-state index in [0.717, 1.165) is 19.4 Å². The van der Waals surface area contributed by atoms with Crippen molar-refractivity contribution in [2.45, 2.75) is 52.0 Å². The molecule has 1 unspecified atom stereocenters. The van der Waals surface area contributed by atoms with Crippen LogP contribution in [-0.4, -0.2) is 56.0 Å². The Morgan fingerprint density at radius 2 is 2.04 bits per heavy atom. The molecule has 0 saturated carbocycles. The highest BCUT2D eigenvalue weighted by molar-refractivity contribution is 5.94. The quantitative estimate of drug-likeness (QED) is 0.502. The molecule has 1 saturated heterocycles. The Labute approximate surface area is 162 Å². The van der Waals surface area contributed by atoms with Crippen molar-refractivity contribution in [2.24, 2.45) is 0 Å². The number of carbonyl (C=O) groups is 2. The first-order valence-corrected chi connectivity index (χ1v) is 9.83. The molecule has 0 radical (unpaired) electrons. The molecule has 1 aromatic carbocycles. The summed E-state index contributed by atoms with van der Waals surface area (Å²) in [4.78, 5) is 25.9. The fourth-order valence-corrected chi connectivity index (χ4v) is 3.36. The molecule has 6 heteroatoms. The van der Waals surface area contributed by atoms with Crippen LogP contribution >= 0.6 is 0 Å². The predicted octanol–water partition coefficient (Wildman–Crippen LogP) is 3.05. The zero-order valence-electron chi connectivity index (χ0n) is 16.8. The third-order valence-electron chi connectivity index (χ3n) is 5.06. The SMILES string of the molecule is COc1cc(C(C)=O)ccc1OCC(=O)NCCCCN1CCCCC1C. The number of nitrogens with one attached hydrogen (secondary N) is 1. The van der Waals surface area contributed by atoms with E-state index < -0.39 is 0 Å². The van der Waals surface area contributed by atoms with Crippen molar-refractivity contribution in [1.29, 1.82) is 0 Å². The van der Waals surface area contributed by atoms with Gasteiger partial charge in [-0.15, -0.1) is 0 Å². The number of unbranched alkanes of at least 4 members (excludes halogenated alkanes) is 1. The van der Waals surface area contributed by atoms with Crippen LogP contribution in [0.2, 0.25) is 0 Å². The Bertz CT molecular complexity index is 633. The minimum Gasteiger partial charge on any atom is -0.493 e. The molecule has 0 aromatic heterocycles. The first kappa shape index (κ1) is 21.2. The first-order chi connectivity index (χ1) is 13.0. The molecule has 6 nitrogen and oxygen atoms in total. The summed E-state index contributed by atoms with van der Waals surface area (Å²) in [7, 11) is 1.51. The number of ether oxygens (including phenoxy) is 2. The van der Waals surface area contributed by atoms with Crippen LogP contribution in [0, 0.1) is 0 Å². The Morgan fingerprint density at radius 1 is 1.22 bits per heavy atom. The summed E-state index contributed by atoms with van der Waals surface area (Å²) in [5.74, 6) is 0.707. The maximum absolute atomic E-state index is 12.0. The van der Waals surface area contributed by atoms with Crippen molar-refractivity contribution in [3.05, 3.63) is 23.8 Å². The number of hydrogen-bond donors (Lipinski definition) is 1. The molecule has 1 atom stereocenters. The molecule has 0 aliphatic carbocycles. The number of piperidine rings is 1. The molecule has 1 amide bonds. The second-order valence-electron chi connectivity index (χ2n) is 7.15. The van der Waals surface area contributed by atoms with Gasteiger partial charge >= 0.3 is 0 Å². The molecular formula is C21H32N2O4. The lowest BCUT2D eigenvalue weighted by Gasteiger charge is -2.33. The molecule has 2 rings (SSSR count). The largest absolute Gasteiger partial charge is 0.493 e. The number of benzene rings is 1. The van der Waals surface area contributed by atoms with Crippen molar-refractivity contribution in [1.82, 2.24) is 10.2 Å². The van der Waals surface area contributed by atoms with Gasteiger partial charge in [0.25, 0.3) is 5.91 Å². The van der Waals surface area contributed by atoms with Gasteiger partial charge in [-0.2, -0.15) is 0 Å². The summed E-state index contributed by atoms with van der Waals surface area (Å²) in [6, 6.07) is 5.63. The minimum atomic E-state index is -0.154. The normalized spacial score (nSPS) is 17.4. The summed E-state index contributed by atoms with van der Waals surface area (Å²) in [5, 5.41) is 2.89. The number of likely N-dealkylation sites (tertiary alicyclic amines) is 1. The smallest absolute Gasteiger partial charge is 0.257 e. The van der Waals surface area contributed by atoms with E-state index in [4.69, 9.17) is 9.47 Å². The number of methoxy groups -OCH3 is 1. The molecule has 1 heterocycles. The Hall–Kier alpha value is -2.08. The third-order valence-corrected chi connectivity index (χ3v) is 5.06. The van der Waals surface area contributed by atoms with Crippen molar-refractivity contribution < 1.29 is 19.1 Å². The monoisotopic (exact) mass is 376 g/mol. The van der Waals surface area contributed by atoms with E-state index in [2.05, 4.69) is 17.1 Å². The minimum absolute atomic E-state index is 0.0449. The Morgan fingerprint density at radius 3 is 2.74 bits per heavy atom. The van der Waals surface area contributed by atoms with Gasteiger partial charge in [-0.05, 0) is 70.8 Å². The van der Waals surface area contributed by atoms with Gasteiger partial charge in [-0.3, -0.25) is 9.59 Å². The lowest BCUT2D eigenvalue weighted by Crippen LogP contribution is -2.38. The van der Waals surface area contributed by atoms with Crippen molar-refractivity contribution in [3.8, 4) is 11.5 Å². The fourth-order valence-electron chi connectivity index (χ4n) is 3.36. The molecule has 0 bridgehead atoms. The highest BCUT2D eigenvalue weighted by atomic mass is 16.5. The van der Waals surface area contributed by atoms with E-state index in [0.29, 0.717) is 29.6 Å². The standard InChI is InChI=1S/C21H32N2O4/c1-16-8-4-6-12-23(16)13-7-5-11-22-21(25)15-27-19-10-9-18(17(2)24)14-20(19)26-3/h9-10,14,16H,4-8,11-13,15H2,1-3H3,(H,22,25). The average molecular weight is 376 g/mol. The molecule has 0 spiro atoms. The topological polar surface area (TPSA) is 67.9 Å². The predicted molar refractivity (Wildman–Crippen MR) is 106 cm³/mol. The van der Waals surface area contributed by atoms with Crippen molar-refractivity contribution >= 4 is 11.7 Å². The summed E-state index contributed by atoms with van der Waals surface area (Å²) >= 11 is 0. The van der Waals surface area contributed by atoms with Gasteiger partial charge in [-0.25, -0.2) is 0 Å². The van der Waals surface area contributed by atoms with Crippen LogP contribution in [0.25, 0.3) is 0 Å². The van der Waals surface area contributed by atoms with Crippen molar-refractivity contribution in [3.63, 3.8) is 0 Å². The van der Waals surface area contributed by atoms with Crippen LogP contribution in [0.15, 0.2) is 18.2 Å². The van der Waals surface area contributed by atoms with Gasteiger partial charge in [0.1, 0.15) is 0 Å². The number of hydrogen-bond acceptors (Lipinski definition) is 5. The molecule has 1 fully saturated rings. The number of carbonyl (C=O) groups excluding carboxylic acids is 2. The van der Waals surface area contributed by atoms with Crippen LogP contribution in [-0.2, 0) is 4.79 Å². The zero-order valence-corrected chi connectivity index (χ0v) is 16.8. The van der Waals surface area contributed by atoms with Gasteiger partial charge in [-0.1, -0.05) is 6.42 Å². The van der Waals surface area contributed by atoms with Crippen LogP contribution < -0.4 is 14.8 Å². The molecular weight excluding hydrogens is 344 g/mol. The van der Waals surface area contributed by atoms with Crippen LogP contribution in [0.5, 0.6) is 11.5 Å². The van der Waals surface area contributed by atoms with Crippen molar-refractivity contribution in [2.75, 3.05) is 33.4 Å². The summed E-state index contributed by atoms with van der Waals surface area (Å²) in [5.41, 5.74) is 0.548. The average Bonchev–Trinajstić information content (AvgIpc) is 2.67. The van der Waals surface area contributed by atoms with Gasteiger partial charge in [0, 0.05) is 18.2 Å². The Balaban J connectivity index is 1.65. The lowest BCUT2D eigenvalue weighted by molar-refractivity contribution is -0.123. The maximum Gasteiger partial charge on any atom is 0.257 e. The molecule has 1 aliphatic heterocycles. The molecule has 1 aromatic rings.